The third-order valence-electron chi connectivity index (χ3n) is 3.64. The monoisotopic (exact) mass is 353 g/mol. The van der Waals surface area contributed by atoms with E-state index < -0.39 is 6.09 Å². The van der Waals surface area contributed by atoms with Gasteiger partial charge in [-0.1, -0.05) is 17.7 Å². The van der Waals surface area contributed by atoms with Crippen molar-refractivity contribution in [1.82, 2.24) is 19.7 Å². The molecule has 4 aromatic rings. The number of hydrogen-bond donors (Lipinski definition) is 2. The van der Waals surface area contributed by atoms with Crippen molar-refractivity contribution in [2.45, 2.75) is 0 Å². The molecule has 25 heavy (non-hydrogen) atoms. The van der Waals surface area contributed by atoms with Crippen LogP contribution in [0.3, 0.4) is 0 Å². The molecule has 0 aliphatic rings. The highest BCUT2D eigenvalue weighted by Crippen LogP contribution is 2.28. The summed E-state index contributed by atoms with van der Waals surface area (Å²) in [6.45, 7) is 0. The summed E-state index contributed by atoms with van der Waals surface area (Å²) < 4.78 is 6.74. The molecule has 2 heterocycles. The molecule has 0 saturated carbocycles. The number of hydrogen-bond acceptors (Lipinski definition) is 4. The zero-order valence-electron chi connectivity index (χ0n) is 12.8. The smallest absolute Gasteiger partial charge is 0.408 e. The quantitative estimate of drug-likeness (QED) is 0.588. The number of halogens is 1. The summed E-state index contributed by atoms with van der Waals surface area (Å²) >= 11 is 5.94. The number of carbonyl (C=O) groups excluding carboxylic acids is 1. The Kier molecular flexibility index (Phi) is 3.62. The molecular weight excluding hydrogens is 342 g/mol. The third kappa shape index (κ3) is 2.81. The number of rotatable bonds is 3. The number of aromatic amines is 1. The van der Waals surface area contributed by atoms with Crippen molar-refractivity contribution in [3.8, 4) is 23.0 Å². The lowest BCUT2D eigenvalue weighted by atomic mass is 10.3. The molecule has 0 aliphatic heterocycles. The number of ether oxygens (including phenoxy) is 1. The van der Waals surface area contributed by atoms with Gasteiger partial charge >= 0.3 is 6.09 Å². The average molecular weight is 354 g/mol. The van der Waals surface area contributed by atoms with E-state index in [0.29, 0.717) is 22.1 Å². The number of nitrogens with zero attached hydrogens (tertiary/aromatic N) is 3. The van der Waals surface area contributed by atoms with Crippen molar-refractivity contribution in [2.24, 2.45) is 5.73 Å². The molecule has 8 heteroatoms. The van der Waals surface area contributed by atoms with Crippen LogP contribution >= 0.6 is 11.6 Å². The Morgan fingerprint density at radius 2 is 1.96 bits per heavy atom. The van der Waals surface area contributed by atoms with E-state index >= 15 is 0 Å². The molecule has 4 rings (SSSR count). The average Bonchev–Trinajstić information content (AvgIpc) is 3.21. The molecule has 0 unspecified atom stereocenters. The molecule has 0 fully saturated rings. The van der Waals surface area contributed by atoms with Crippen molar-refractivity contribution in [2.75, 3.05) is 0 Å². The van der Waals surface area contributed by atoms with Gasteiger partial charge in [-0.25, -0.2) is 14.5 Å². The van der Waals surface area contributed by atoms with Crippen LogP contribution in [0.25, 0.3) is 28.2 Å². The Bertz CT molecular complexity index is 1070. The molecule has 3 N–H and O–H groups in total. The zero-order valence-corrected chi connectivity index (χ0v) is 13.6. The normalized spacial score (nSPS) is 10.9. The molecule has 0 saturated heterocycles. The summed E-state index contributed by atoms with van der Waals surface area (Å²) in [5.41, 5.74) is 7.94. The molecule has 124 valence electrons. The number of primary amides is 1. The van der Waals surface area contributed by atoms with Gasteiger partial charge in [0, 0.05) is 5.02 Å². The standard InChI is InChI=1S/C17H12ClN5O2/c18-10-4-6-11(7-5-10)23-13(8-9-20-23)16-21-12-2-1-3-14(15(12)22-16)25-17(19)24/h1-9H,(H2,19,24)(H,21,22). The fraction of sp³-hybridized carbons (Fsp3) is 0. The number of imidazole rings is 1. The minimum Gasteiger partial charge on any atom is -0.408 e. The van der Waals surface area contributed by atoms with Crippen molar-refractivity contribution in [1.29, 1.82) is 0 Å². The van der Waals surface area contributed by atoms with Gasteiger partial charge < -0.3 is 15.5 Å². The molecule has 0 radical (unpaired) electrons. The fourth-order valence-corrected chi connectivity index (χ4v) is 2.71. The number of carbonyl (C=O) groups is 1. The molecule has 2 aromatic heterocycles. The maximum absolute atomic E-state index is 11.1. The third-order valence-corrected chi connectivity index (χ3v) is 3.89. The Morgan fingerprint density at radius 3 is 2.72 bits per heavy atom. The summed E-state index contributed by atoms with van der Waals surface area (Å²) in [7, 11) is 0. The van der Waals surface area contributed by atoms with Gasteiger partial charge in [0.25, 0.3) is 0 Å². The minimum absolute atomic E-state index is 0.296. The summed E-state index contributed by atoms with van der Waals surface area (Å²) in [5, 5.41) is 4.99. The lowest BCUT2D eigenvalue weighted by Crippen LogP contribution is -2.16. The van der Waals surface area contributed by atoms with Crippen molar-refractivity contribution in [3.63, 3.8) is 0 Å². The van der Waals surface area contributed by atoms with Gasteiger partial charge in [-0.2, -0.15) is 5.10 Å². The van der Waals surface area contributed by atoms with Crippen LogP contribution in [0.2, 0.25) is 5.02 Å². The first-order valence-electron chi connectivity index (χ1n) is 7.38. The van der Waals surface area contributed by atoms with Crippen molar-refractivity contribution < 1.29 is 9.53 Å². The number of fused-ring (bicyclic) bond motifs is 1. The number of aromatic nitrogens is 4. The predicted octanol–water partition coefficient (Wildman–Crippen LogP) is 3.53. The molecule has 0 bridgehead atoms. The van der Waals surface area contributed by atoms with Gasteiger partial charge in [0.15, 0.2) is 11.6 Å². The van der Waals surface area contributed by atoms with Gasteiger partial charge in [-0.15, -0.1) is 0 Å². The first kappa shape index (κ1) is 15.2. The summed E-state index contributed by atoms with van der Waals surface area (Å²) in [6, 6.07) is 14.4. The topological polar surface area (TPSA) is 98.8 Å². The maximum atomic E-state index is 11.1. The number of nitrogens with two attached hydrogens (primary N) is 1. The van der Waals surface area contributed by atoms with Crippen LogP contribution in [0.1, 0.15) is 0 Å². The van der Waals surface area contributed by atoms with Crippen LogP contribution in [0.4, 0.5) is 4.79 Å². The second-order valence-corrected chi connectivity index (χ2v) is 5.70. The largest absolute Gasteiger partial charge is 0.410 e. The van der Waals surface area contributed by atoms with Crippen LogP contribution in [0, 0.1) is 0 Å². The zero-order chi connectivity index (χ0) is 17.4. The van der Waals surface area contributed by atoms with E-state index in [4.69, 9.17) is 22.1 Å². The SMILES string of the molecule is NC(=O)Oc1cccc2[nH]c(-c3ccnn3-c3ccc(Cl)cc3)nc12. The van der Waals surface area contributed by atoms with E-state index in [9.17, 15) is 4.79 Å². The molecule has 0 aliphatic carbocycles. The van der Waals surface area contributed by atoms with Crippen LogP contribution in [0.5, 0.6) is 5.75 Å². The Hall–Kier alpha value is -3.32. The van der Waals surface area contributed by atoms with Crippen molar-refractivity contribution >= 4 is 28.7 Å². The molecule has 1 amide bonds. The maximum Gasteiger partial charge on any atom is 0.410 e. The van der Waals surface area contributed by atoms with Crippen LogP contribution in [-0.2, 0) is 0 Å². The molecule has 0 spiro atoms. The van der Waals surface area contributed by atoms with Gasteiger partial charge in [0.2, 0.25) is 0 Å². The lowest BCUT2D eigenvalue weighted by molar-refractivity contribution is 0.211. The second kappa shape index (κ2) is 5.95. The second-order valence-electron chi connectivity index (χ2n) is 5.26. The number of H-pyrrole nitrogens is 1. The van der Waals surface area contributed by atoms with E-state index in [1.54, 1.807) is 35.1 Å². The van der Waals surface area contributed by atoms with E-state index in [-0.39, 0.29) is 0 Å². The van der Waals surface area contributed by atoms with Gasteiger partial charge in [0.05, 0.1) is 17.4 Å². The first-order chi connectivity index (χ1) is 12.1. The summed E-state index contributed by atoms with van der Waals surface area (Å²) in [4.78, 5) is 18.8. The lowest BCUT2D eigenvalue weighted by Gasteiger charge is -2.05. The highest BCUT2D eigenvalue weighted by molar-refractivity contribution is 6.30. The molecular formula is C17H12ClN5O2. The summed E-state index contributed by atoms with van der Waals surface area (Å²) in [5.74, 6) is 0.882. The van der Waals surface area contributed by atoms with E-state index in [1.165, 1.54) is 0 Å². The van der Waals surface area contributed by atoms with E-state index in [0.717, 1.165) is 16.9 Å². The molecule has 7 nitrogen and oxygen atoms in total. The highest BCUT2D eigenvalue weighted by Gasteiger charge is 2.15. The number of nitrogens with one attached hydrogen (secondary N) is 1. The first-order valence-corrected chi connectivity index (χ1v) is 7.76. The number of amides is 1. The van der Waals surface area contributed by atoms with Crippen molar-refractivity contribution in [3.05, 3.63) is 59.8 Å². The van der Waals surface area contributed by atoms with Crippen LogP contribution in [-0.4, -0.2) is 25.8 Å². The Balaban J connectivity index is 1.82. The number of para-hydroxylation sites is 1. The van der Waals surface area contributed by atoms with Gasteiger partial charge in [0.1, 0.15) is 11.2 Å². The Morgan fingerprint density at radius 1 is 1.16 bits per heavy atom. The molecule has 0 atom stereocenters. The predicted molar refractivity (Wildman–Crippen MR) is 93.9 cm³/mol. The summed E-state index contributed by atoms with van der Waals surface area (Å²) in [6.07, 6.45) is 0.793. The van der Waals surface area contributed by atoms with E-state index in [1.807, 2.05) is 24.3 Å². The van der Waals surface area contributed by atoms with Gasteiger partial charge in [-0.3, -0.25) is 0 Å². The van der Waals surface area contributed by atoms with E-state index in [2.05, 4.69) is 15.1 Å². The fourth-order valence-electron chi connectivity index (χ4n) is 2.59. The van der Waals surface area contributed by atoms with Crippen LogP contribution < -0.4 is 10.5 Å². The minimum atomic E-state index is -0.886. The molecule has 2 aromatic carbocycles. The highest BCUT2D eigenvalue weighted by atomic mass is 35.5. The Labute approximate surface area is 147 Å². The van der Waals surface area contributed by atoms with Crippen LogP contribution in [0.15, 0.2) is 54.7 Å². The van der Waals surface area contributed by atoms with Gasteiger partial charge in [-0.05, 0) is 42.5 Å². The number of benzene rings is 2.